The maximum Gasteiger partial charge on any atom is 0.238 e. The van der Waals surface area contributed by atoms with Gasteiger partial charge in [-0.1, -0.05) is 43.3 Å². The van der Waals surface area contributed by atoms with Gasteiger partial charge in [0.2, 0.25) is 16.8 Å². The number of carbonyl (C=O) groups excluding carboxylic acids is 1. The Morgan fingerprint density at radius 2 is 1.79 bits per heavy atom. The molecule has 1 saturated carbocycles. The first kappa shape index (κ1) is 21.7. The highest BCUT2D eigenvalue weighted by Gasteiger charge is 2.50. The SMILES string of the molecule is CCc1ccc(CC(=O)C2(c3ccc4c(c3)OCO4)CC2)cc1-c1cccc(S(N)(=O)=O)c1. The molecule has 33 heavy (non-hydrogen) atoms. The highest BCUT2D eigenvalue weighted by atomic mass is 32.2. The number of rotatable bonds is 7. The first-order chi connectivity index (χ1) is 15.8. The molecule has 7 heteroatoms. The van der Waals surface area contributed by atoms with Gasteiger partial charge in [-0.3, -0.25) is 4.79 Å². The van der Waals surface area contributed by atoms with Crippen molar-refractivity contribution in [1.82, 2.24) is 0 Å². The van der Waals surface area contributed by atoms with Crippen LogP contribution in [-0.2, 0) is 33.1 Å². The molecule has 0 saturated heterocycles. The number of hydrogen-bond acceptors (Lipinski definition) is 5. The summed E-state index contributed by atoms with van der Waals surface area (Å²) in [6.07, 6.45) is 2.73. The van der Waals surface area contributed by atoms with Crippen LogP contribution in [0, 0.1) is 0 Å². The second-order valence-electron chi connectivity index (χ2n) is 8.67. The number of ether oxygens (including phenoxy) is 2. The van der Waals surface area contributed by atoms with Gasteiger partial charge < -0.3 is 9.47 Å². The van der Waals surface area contributed by atoms with Crippen LogP contribution in [0.5, 0.6) is 11.5 Å². The molecule has 0 atom stereocenters. The Kier molecular flexibility index (Phi) is 5.26. The van der Waals surface area contributed by atoms with Crippen molar-refractivity contribution in [2.24, 2.45) is 5.14 Å². The van der Waals surface area contributed by atoms with Crippen LogP contribution < -0.4 is 14.6 Å². The minimum atomic E-state index is -3.80. The van der Waals surface area contributed by atoms with E-state index in [1.807, 2.05) is 49.4 Å². The molecule has 0 unspecified atom stereocenters. The van der Waals surface area contributed by atoms with E-state index in [9.17, 15) is 13.2 Å². The van der Waals surface area contributed by atoms with Crippen molar-refractivity contribution in [2.45, 2.75) is 42.9 Å². The lowest BCUT2D eigenvalue weighted by Gasteiger charge is -2.17. The summed E-state index contributed by atoms with van der Waals surface area (Å²) in [4.78, 5) is 13.5. The summed E-state index contributed by atoms with van der Waals surface area (Å²) in [6, 6.07) is 18.4. The molecule has 0 bridgehead atoms. The number of benzene rings is 3. The molecule has 170 valence electrons. The summed E-state index contributed by atoms with van der Waals surface area (Å²) in [5, 5.41) is 5.32. The monoisotopic (exact) mass is 463 g/mol. The molecule has 2 N–H and O–H groups in total. The number of ketones is 1. The van der Waals surface area contributed by atoms with Gasteiger partial charge in [0.05, 0.1) is 10.3 Å². The van der Waals surface area contributed by atoms with E-state index in [0.717, 1.165) is 47.1 Å². The summed E-state index contributed by atoms with van der Waals surface area (Å²) < 4.78 is 34.5. The van der Waals surface area contributed by atoms with E-state index in [0.29, 0.717) is 17.9 Å². The Hall–Kier alpha value is -3.16. The van der Waals surface area contributed by atoms with E-state index in [1.165, 1.54) is 6.07 Å². The topological polar surface area (TPSA) is 95.7 Å². The molecular weight excluding hydrogens is 438 g/mol. The van der Waals surface area contributed by atoms with Gasteiger partial charge in [0.25, 0.3) is 0 Å². The molecule has 0 radical (unpaired) electrons. The lowest BCUT2D eigenvalue weighted by atomic mass is 9.86. The smallest absolute Gasteiger partial charge is 0.238 e. The molecule has 0 aromatic heterocycles. The fourth-order valence-corrected chi connectivity index (χ4v) is 5.11. The zero-order chi connectivity index (χ0) is 23.2. The van der Waals surface area contributed by atoms with Gasteiger partial charge >= 0.3 is 0 Å². The van der Waals surface area contributed by atoms with Gasteiger partial charge in [-0.25, -0.2) is 13.6 Å². The van der Waals surface area contributed by atoms with Crippen molar-refractivity contribution in [3.63, 3.8) is 0 Å². The molecule has 0 spiro atoms. The summed E-state index contributed by atoms with van der Waals surface area (Å²) >= 11 is 0. The normalized spacial score (nSPS) is 15.9. The lowest BCUT2D eigenvalue weighted by molar-refractivity contribution is -0.120. The predicted molar refractivity (Wildman–Crippen MR) is 125 cm³/mol. The Morgan fingerprint density at radius 3 is 2.52 bits per heavy atom. The van der Waals surface area contributed by atoms with Gasteiger partial charge in [0.1, 0.15) is 5.78 Å². The fraction of sp³-hybridized carbons (Fsp3) is 0.269. The number of Topliss-reactive ketones (excluding diaryl/α,β-unsaturated/α-hetero) is 1. The van der Waals surface area contributed by atoms with Crippen LogP contribution in [0.4, 0.5) is 0 Å². The summed E-state index contributed by atoms with van der Waals surface area (Å²) in [5.41, 5.74) is 4.17. The van der Waals surface area contributed by atoms with Gasteiger partial charge in [-0.15, -0.1) is 0 Å². The van der Waals surface area contributed by atoms with Crippen LogP contribution in [0.25, 0.3) is 11.1 Å². The van der Waals surface area contributed by atoms with E-state index < -0.39 is 15.4 Å². The molecule has 5 rings (SSSR count). The number of primary sulfonamides is 1. The largest absolute Gasteiger partial charge is 0.454 e. The summed E-state index contributed by atoms with van der Waals surface area (Å²) in [7, 11) is -3.80. The number of carbonyl (C=O) groups is 1. The summed E-state index contributed by atoms with van der Waals surface area (Å²) in [6.45, 7) is 2.25. The average Bonchev–Trinajstić information content (AvgIpc) is 3.49. The molecule has 3 aromatic carbocycles. The second kappa shape index (κ2) is 8.01. The molecule has 0 amide bonds. The first-order valence-corrected chi connectivity index (χ1v) is 12.5. The van der Waals surface area contributed by atoms with E-state index in [2.05, 4.69) is 0 Å². The van der Waals surface area contributed by atoms with Crippen molar-refractivity contribution in [2.75, 3.05) is 6.79 Å². The van der Waals surface area contributed by atoms with E-state index >= 15 is 0 Å². The predicted octanol–water partition coefficient (Wildman–Crippen LogP) is 4.14. The number of sulfonamides is 1. The Balaban J connectivity index is 1.45. The van der Waals surface area contributed by atoms with Crippen LogP contribution in [0.2, 0.25) is 0 Å². The number of nitrogens with two attached hydrogens (primary N) is 1. The third-order valence-corrected chi connectivity index (χ3v) is 7.51. The molecule has 3 aromatic rings. The number of fused-ring (bicyclic) bond motifs is 1. The maximum absolute atomic E-state index is 13.4. The highest BCUT2D eigenvalue weighted by Crippen LogP contribution is 2.51. The zero-order valence-corrected chi connectivity index (χ0v) is 19.2. The Morgan fingerprint density at radius 1 is 1.00 bits per heavy atom. The van der Waals surface area contributed by atoms with Crippen molar-refractivity contribution in [1.29, 1.82) is 0 Å². The minimum Gasteiger partial charge on any atom is -0.454 e. The third kappa shape index (κ3) is 4.03. The molecule has 1 fully saturated rings. The second-order valence-corrected chi connectivity index (χ2v) is 10.2. The van der Waals surface area contributed by atoms with Crippen molar-refractivity contribution in [3.05, 3.63) is 77.4 Å². The van der Waals surface area contributed by atoms with Crippen molar-refractivity contribution >= 4 is 15.8 Å². The zero-order valence-electron chi connectivity index (χ0n) is 18.3. The van der Waals surface area contributed by atoms with Crippen LogP contribution in [0.3, 0.4) is 0 Å². The Bertz CT molecular complexity index is 1360. The maximum atomic E-state index is 13.4. The Labute approximate surface area is 193 Å². The van der Waals surface area contributed by atoms with Crippen LogP contribution in [0.15, 0.2) is 65.6 Å². The standard InChI is InChI=1S/C26H25NO5S/c1-2-18-7-6-17(12-22(18)19-4-3-5-21(14-19)33(27,29)30)13-25(28)26(10-11-26)20-8-9-23-24(15-20)32-16-31-23/h3-9,12,14-15H,2,10-11,13,16H2,1H3,(H2,27,29,30). The van der Waals surface area contributed by atoms with Crippen molar-refractivity contribution in [3.8, 4) is 22.6 Å². The minimum absolute atomic E-state index is 0.0725. The quantitative estimate of drug-likeness (QED) is 0.568. The number of hydrogen-bond donors (Lipinski definition) is 1. The van der Waals surface area contributed by atoms with Crippen LogP contribution >= 0.6 is 0 Å². The van der Waals surface area contributed by atoms with E-state index in [1.54, 1.807) is 12.1 Å². The molecule has 1 heterocycles. The highest BCUT2D eigenvalue weighted by molar-refractivity contribution is 7.89. The third-order valence-electron chi connectivity index (χ3n) is 6.60. The van der Waals surface area contributed by atoms with Gasteiger partial charge in [0.15, 0.2) is 11.5 Å². The summed E-state index contributed by atoms with van der Waals surface area (Å²) in [5.74, 6) is 1.58. The molecule has 2 aliphatic rings. The molecule has 1 aliphatic heterocycles. The average molecular weight is 464 g/mol. The van der Waals surface area contributed by atoms with Crippen LogP contribution in [-0.4, -0.2) is 21.0 Å². The van der Waals surface area contributed by atoms with Crippen molar-refractivity contribution < 1.29 is 22.7 Å². The molecule has 6 nitrogen and oxygen atoms in total. The molecule has 1 aliphatic carbocycles. The first-order valence-electron chi connectivity index (χ1n) is 11.0. The number of aryl methyl sites for hydroxylation is 1. The lowest BCUT2D eigenvalue weighted by Crippen LogP contribution is -2.22. The van der Waals surface area contributed by atoms with Gasteiger partial charge in [0, 0.05) is 6.42 Å². The van der Waals surface area contributed by atoms with E-state index in [4.69, 9.17) is 14.6 Å². The van der Waals surface area contributed by atoms with Gasteiger partial charge in [-0.2, -0.15) is 0 Å². The molecular formula is C26H25NO5S. The fourth-order valence-electron chi connectivity index (χ4n) is 4.55. The van der Waals surface area contributed by atoms with E-state index in [-0.39, 0.29) is 17.5 Å². The van der Waals surface area contributed by atoms with Gasteiger partial charge in [-0.05, 0) is 71.3 Å². The van der Waals surface area contributed by atoms with Crippen LogP contribution in [0.1, 0.15) is 36.5 Å².